The maximum Gasteiger partial charge on any atom is 0.434 e. The molecule has 0 amide bonds. The largest absolute Gasteiger partial charge is 0.434 e. The van der Waals surface area contributed by atoms with Gasteiger partial charge in [0.15, 0.2) is 11.7 Å². The maximum atomic E-state index is 12.5. The molecule has 26 heavy (non-hydrogen) atoms. The zero-order valence-corrected chi connectivity index (χ0v) is 14.8. The zero-order valence-electron chi connectivity index (χ0n) is 14.0. The van der Waals surface area contributed by atoms with Gasteiger partial charge in [0.25, 0.3) is 0 Å². The van der Waals surface area contributed by atoms with Gasteiger partial charge in [-0.25, -0.2) is 4.98 Å². The number of rotatable bonds is 9. The van der Waals surface area contributed by atoms with Crippen LogP contribution < -0.4 is 10.6 Å². The van der Waals surface area contributed by atoms with E-state index in [9.17, 15) is 26.3 Å². The lowest BCUT2D eigenvalue weighted by molar-refractivity contribution is -0.173. The summed E-state index contributed by atoms with van der Waals surface area (Å²) in [7, 11) is 0. The minimum Gasteiger partial charge on any atom is -0.372 e. The molecule has 0 atom stereocenters. The van der Waals surface area contributed by atoms with Gasteiger partial charge in [0.1, 0.15) is 6.61 Å². The van der Waals surface area contributed by atoms with Gasteiger partial charge in [0, 0.05) is 38.0 Å². The third-order valence-corrected chi connectivity index (χ3v) is 3.71. The van der Waals surface area contributed by atoms with Gasteiger partial charge in [-0.2, -0.15) is 26.3 Å². The lowest BCUT2D eigenvalue weighted by Gasteiger charge is -2.11. The van der Waals surface area contributed by atoms with Crippen LogP contribution in [0.5, 0.6) is 0 Å². The van der Waals surface area contributed by atoms with E-state index in [4.69, 9.17) is 0 Å². The summed E-state index contributed by atoms with van der Waals surface area (Å²) < 4.78 is 77.6. The molecule has 0 saturated heterocycles. The minimum absolute atomic E-state index is 0.0677. The Morgan fingerprint density at radius 3 is 2.54 bits per heavy atom. The number of aromatic nitrogens is 1. The van der Waals surface area contributed by atoms with Crippen molar-refractivity contribution in [2.24, 2.45) is 4.99 Å². The zero-order chi connectivity index (χ0) is 19.6. The quantitative estimate of drug-likeness (QED) is 0.286. The van der Waals surface area contributed by atoms with Crippen LogP contribution in [0, 0.1) is 0 Å². The number of nitrogens with zero attached hydrogens (tertiary/aromatic N) is 2. The molecule has 5 nitrogen and oxygen atoms in total. The number of hydrogen-bond donors (Lipinski definition) is 2. The highest BCUT2D eigenvalue weighted by Crippen LogP contribution is 2.29. The van der Waals surface area contributed by atoms with E-state index in [2.05, 4.69) is 25.3 Å². The van der Waals surface area contributed by atoms with Crippen molar-refractivity contribution in [2.45, 2.75) is 32.1 Å². The minimum atomic E-state index is -4.45. The van der Waals surface area contributed by atoms with Crippen molar-refractivity contribution < 1.29 is 31.1 Å². The number of hydrogen-bond acceptors (Lipinski definition) is 4. The number of ether oxygens (including phenoxy) is 1. The fourth-order valence-corrected chi connectivity index (χ4v) is 2.54. The summed E-state index contributed by atoms with van der Waals surface area (Å²) in [6, 6.07) is 0. The van der Waals surface area contributed by atoms with Crippen LogP contribution >= 0.6 is 11.3 Å². The molecule has 12 heteroatoms. The molecule has 1 heterocycles. The van der Waals surface area contributed by atoms with Crippen LogP contribution in [0.1, 0.15) is 24.0 Å². The van der Waals surface area contributed by atoms with E-state index in [-0.39, 0.29) is 13.2 Å². The van der Waals surface area contributed by atoms with Crippen LogP contribution in [0.2, 0.25) is 0 Å². The van der Waals surface area contributed by atoms with Crippen molar-refractivity contribution >= 4 is 17.3 Å². The summed E-state index contributed by atoms with van der Waals surface area (Å²) in [6.07, 6.45) is -8.19. The van der Waals surface area contributed by atoms with E-state index in [1.165, 1.54) is 0 Å². The molecule has 0 aliphatic carbocycles. The van der Waals surface area contributed by atoms with E-state index in [1.54, 1.807) is 0 Å². The van der Waals surface area contributed by atoms with Crippen molar-refractivity contribution in [3.63, 3.8) is 0 Å². The Kier molecular flexibility index (Phi) is 9.13. The summed E-state index contributed by atoms with van der Waals surface area (Å²) in [5, 5.41) is 7.19. The molecule has 0 bridgehead atoms. The molecule has 0 spiro atoms. The predicted octanol–water partition coefficient (Wildman–Crippen LogP) is 3.23. The van der Waals surface area contributed by atoms with Gasteiger partial charge in [-0.05, 0) is 13.3 Å². The van der Waals surface area contributed by atoms with Crippen molar-refractivity contribution in [3.8, 4) is 0 Å². The Hall–Kier alpha value is -1.56. The van der Waals surface area contributed by atoms with Gasteiger partial charge >= 0.3 is 12.4 Å². The van der Waals surface area contributed by atoms with E-state index >= 15 is 0 Å². The first-order valence-electron chi connectivity index (χ1n) is 7.80. The van der Waals surface area contributed by atoms with Gasteiger partial charge < -0.3 is 15.4 Å². The summed E-state index contributed by atoms with van der Waals surface area (Å²) in [6.45, 7) is 1.61. The van der Waals surface area contributed by atoms with Crippen LogP contribution in [0.25, 0.3) is 0 Å². The van der Waals surface area contributed by atoms with E-state index < -0.39 is 24.7 Å². The number of alkyl halides is 6. The van der Waals surface area contributed by atoms with Crippen molar-refractivity contribution in [3.05, 3.63) is 16.1 Å². The second-order valence-corrected chi connectivity index (χ2v) is 6.03. The summed E-state index contributed by atoms with van der Waals surface area (Å²) in [5.74, 6) is 0.427. The van der Waals surface area contributed by atoms with Gasteiger partial charge in [0.2, 0.25) is 0 Å². The molecule has 0 saturated carbocycles. The van der Waals surface area contributed by atoms with Crippen molar-refractivity contribution in [1.29, 1.82) is 0 Å². The molecule has 0 aliphatic rings. The van der Waals surface area contributed by atoms with Gasteiger partial charge in [-0.3, -0.25) is 4.99 Å². The fraction of sp³-hybridized carbons (Fsp3) is 0.714. The van der Waals surface area contributed by atoms with Crippen molar-refractivity contribution in [1.82, 2.24) is 15.6 Å². The van der Waals surface area contributed by atoms with E-state index in [0.29, 0.717) is 36.9 Å². The highest BCUT2D eigenvalue weighted by atomic mass is 32.1. The van der Waals surface area contributed by atoms with Gasteiger partial charge in [-0.15, -0.1) is 11.3 Å². The monoisotopic (exact) mass is 406 g/mol. The summed E-state index contributed by atoms with van der Waals surface area (Å²) in [5.41, 5.74) is -0.906. The molecule has 0 fully saturated rings. The number of halogens is 6. The first-order chi connectivity index (χ1) is 12.1. The topological polar surface area (TPSA) is 58.5 Å². The van der Waals surface area contributed by atoms with Gasteiger partial charge in [0.05, 0.1) is 5.01 Å². The Balaban J connectivity index is 2.32. The molecule has 0 unspecified atom stereocenters. The first-order valence-corrected chi connectivity index (χ1v) is 8.68. The molecular weight excluding hydrogens is 386 g/mol. The smallest absolute Gasteiger partial charge is 0.372 e. The van der Waals surface area contributed by atoms with E-state index in [1.807, 2.05) is 6.92 Å². The number of thiazole rings is 1. The summed E-state index contributed by atoms with van der Waals surface area (Å²) in [4.78, 5) is 7.68. The van der Waals surface area contributed by atoms with E-state index in [0.717, 1.165) is 16.7 Å². The fourth-order valence-electron chi connectivity index (χ4n) is 1.73. The number of nitrogens with one attached hydrogen (secondary N) is 2. The molecule has 2 N–H and O–H groups in total. The van der Waals surface area contributed by atoms with Crippen LogP contribution in [-0.2, 0) is 17.3 Å². The molecule has 0 aromatic carbocycles. The molecule has 1 aromatic rings. The van der Waals surface area contributed by atoms with Crippen molar-refractivity contribution in [2.75, 3.05) is 32.8 Å². The van der Waals surface area contributed by atoms with Crippen LogP contribution in [-0.4, -0.2) is 50.0 Å². The second kappa shape index (κ2) is 10.6. The highest BCUT2D eigenvalue weighted by Gasteiger charge is 2.33. The van der Waals surface area contributed by atoms with Crippen LogP contribution in [0.3, 0.4) is 0 Å². The third kappa shape index (κ3) is 9.80. The predicted molar refractivity (Wildman–Crippen MR) is 86.3 cm³/mol. The normalized spacial score (nSPS) is 13.1. The lowest BCUT2D eigenvalue weighted by Crippen LogP contribution is -2.38. The Morgan fingerprint density at radius 1 is 1.23 bits per heavy atom. The second-order valence-electron chi connectivity index (χ2n) is 5.08. The molecule has 1 rings (SSSR count). The molecule has 1 aromatic heterocycles. The average molecular weight is 406 g/mol. The lowest BCUT2D eigenvalue weighted by atomic mass is 10.4. The third-order valence-electron chi connectivity index (χ3n) is 2.80. The Bertz CT molecular complexity index is 558. The summed E-state index contributed by atoms with van der Waals surface area (Å²) >= 11 is 0.931. The standard InChI is InChI=1S/C14H20F6N4OS/c1-2-21-12(22-5-3-7-25-9-13(15,16)17)23-6-4-11-24-10(8-26-11)14(18,19)20/h8H,2-7,9H2,1H3,(H2,21,22,23). The highest BCUT2D eigenvalue weighted by molar-refractivity contribution is 7.09. The van der Waals surface area contributed by atoms with Crippen LogP contribution in [0.15, 0.2) is 10.4 Å². The number of guanidine groups is 1. The number of aliphatic imine (C=N–C) groups is 1. The maximum absolute atomic E-state index is 12.5. The Morgan fingerprint density at radius 2 is 1.96 bits per heavy atom. The van der Waals surface area contributed by atoms with Crippen LogP contribution in [0.4, 0.5) is 26.3 Å². The molecule has 150 valence electrons. The average Bonchev–Trinajstić information content (AvgIpc) is 2.98. The molecule has 0 radical (unpaired) electrons. The molecule has 0 aliphatic heterocycles. The SMILES string of the molecule is CCNC(=NCCCOCC(F)(F)F)NCCc1nc(C(F)(F)F)cs1. The Labute approximate surface area is 150 Å². The molecular formula is C14H20F6N4OS. The van der Waals surface area contributed by atoms with Gasteiger partial charge in [-0.1, -0.05) is 0 Å². The first kappa shape index (κ1) is 22.5.